The van der Waals surface area contributed by atoms with E-state index in [4.69, 9.17) is 0 Å². The van der Waals surface area contributed by atoms with Crippen LogP contribution in [-0.4, -0.2) is 30.4 Å². The van der Waals surface area contributed by atoms with E-state index in [0.29, 0.717) is 18.3 Å². The van der Waals surface area contributed by atoms with Crippen molar-refractivity contribution < 1.29 is 8.42 Å². The largest absolute Gasteiger partial charge is 0.366 e. The highest BCUT2D eigenvalue weighted by Gasteiger charge is 2.14. The molecule has 1 aromatic heterocycles. The maximum Gasteiger partial charge on any atom is 0.233 e. The molecule has 2 N–H and O–H groups in total. The number of nitrogens with zero attached hydrogens (tertiary/aromatic N) is 2. The number of unbranched alkanes of at least 4 members (excludes halogenated alkanes) is 1. The summed E-state index contributed by atoms with van der Waals surface area (Å²) in [7, 11) is -3.31. The Morgan fingerprint density at radius 3 is 2.32 bits per heavy atom. The molecule has 1 aliphatic carbocycles. The van der Waals surface area contributed by atoms with Crippen molar-refractivity contribution in [2.75, 3.05) is 15.8 Å². The zero-order chi connectivity index (χ0) is 15.8. The van der Waals surface area contributed by atoms with Gasteiger partial charge in [0, 0.05) is 6.04 Å². The van der Waals surface area contributed by atoms with Crippen LogP contribution in [0.2, 0.25) is 0 Å². The van der Waals surface area contributed by atoms with Gasteiger partial charge in [-0.15, -0.1) is 10.2 Å². The molecule has 0 amide bonds. The van der Waals surface area contributed by atoms with E-state index in [0.717, 1.165) is 19.3 Å². The minimum atomic E-state index is -3.31. The first-order chi connectivity index (χ1) is 10.6. The van der Waals surface area contributed by atoms with Crippen LogP contribution < -0.4 is 10.0 Å². The highest BCUT2D eigenvalue weighted by Crippen LogP contribution is 2.20. The molecule has 6 nitrogen and oxygen atoms in total. The lowest BCUT2D eigenvalue weighted by Gasteiger charge is -2.16. The minimum absolute atomic E-state index is 0.118. The van der Waals surface area contributed by atoms with Gasteiger partial charge in [0.2, 0.25) is 10.0 Å². The van der Waals surface area contributed by atoms with Crippen LogP contribution in [0.4, 0.5) is 11.6 Å². The van der Waals surface area contributed by atoms with Crippen molar-refractivity contribution in [3.8, 4) is 0 Å². The summed E-state index contributed by atoms with van der Waals surface area (Å²) < 4.78 is 26.1. The second-order valence-electron chi connectivity index (χ2n) is 5.91. The second kappa shape index (κ2) is 8.31. The van der Waals surface area contributed by atoms with E-state index in [2.05, 4.69) is 20.2 Å². The summed E-state index contributed by atoms with van der Waals surface area (Å²) in [5, 5.41) is 11.4. The third-order valence-electron chi connectivity index (χ3n) is 3.90. The highest BCUT2D eigenvalue weighted by molar-refractivity contribution is 7.92. The molecule has 1 fully saturated rings. The summed E-state index contributed by atoms with van der Waals surface area (Å²) in [5.41, 5.74) is 0. The molecule has 1 aromatic rings. The van der Waals surface area contributed by atoms with Crippen molar-refractivity contribution in [3.05, 3.63) is 12.1 Å². The van der Waals surface area contributed by atoms with E-state index in [1.165, 1.54) is 25.7 Å². The summed E-state index contributed by atoms with van der Waals surface area (Å²) in [4.78, 5) is 0. The van der Waals surface area contributed by atoms with E-state index in [1.807, 2.05) is 6.92 Å². The van der Waals surface area contributed by atoms with E-state index < -0.39 is 10.0 Å². The van der Waals surface area contributed by atoms with Gasteiger partial charge in [-0.3, -0.25) is 4.72 Å². The third kappa shape index (κ3) is 5.79. The number of hydrogen-bond donors (Lipinski definition) is 2. The van der Waals surface area contributed by atoms with Gasteiger partial charge in [0.1, 0.15) is 5.82 Å². The third-order valence-corrected chi connectivity index (χ3v) is 5.24. The molecular weight excluding hydrogens is 300 g/mol. The summed E-state index contributed by atoms with van der Waals surface area (Å²) in [6.07, 6.45) is 8.92. The zero-order valence-corrected chi connectivity index (χ0v) is 14.0. The number of nitrogens with one attached hydrogen (secondary N) is 2. The maximum absolute atomic E-state index is 11.8. The zero-order valence-electron chi connectivity index (χ0n) is 13.2. The maximum atomic E-state index is 11.8. The Morgan fingerprint density at radius 1 is 1.09 bits per heavy atom. The monoisotopic (exact) mass is 326 g/mol. The smallest absolute Gasteiger partial charge is 0.233 e. The van der Waals surface area contributed by atoms with Crippen LogP contribution in [0.25, 0.3) is 0 Å². The predicted octanol–water partition coefficient (Wildman–Crippen LogP) is 3.15. The summed E-state index contributed by atoms with van der Waals surface area (Å²) >= 11 is 0. The molecular formula is C15H26N4O2S. The Kier molecular flexibility index (Phi) is 6.42. The topological polar surface area (TPSA) is 84.0 Å². The molecule has 1 saturated carbocycles. The summed E-state index contributed by atoms with van der Waals surface area (Å²) in [6, 6.07) is 3.90. The fraction of sp³-hybridized carbons (Fsp3) is 0.733. The molecule has 0 saturated heterocycles. The van der Waals surface area contributed by atoms with Crippen molar-refractivity contribution in [2.24, 2.45) is 0 Å². The van der Waals surface area contributed by atoms with Gasteiger partial charge in [0.25, 0.3) is 0 Å². The van der Waals surface area contributed by atoms with E-state index in [9.17, 15) is 8.42 Å². The SMILES string of the molecule is CCCCS(=O)(=O)Nc1ccc(NC2CCCCCC2)nn1. The molecule has 0 aliphatic heterocycles. The van der Waals surface area contributed by atoms with Gasteiger partial charge >= 0.3 is 0 Å². The van der Waals surface area contributed by atoms with Crippen LogP contribution in [0.3, 0.4) is 0 Å². The Balaban J connectivity index is 1.89. The first kappa shape index (κ1) is 17.0. The molecule has 0 unspecified atom stereocenters. The number of sulfonamides is 1. The number of hydrogen-bond acceptors (Lipinski definition) is 5. The second-order valence-corrected chi connectivity index (χ2v) is 7.75. The van der Waals surface area contributed by atoms with Crippen LogP contribution in [0.5, 0.6) is 0 Å². The molecule has 1 aliphatic rings. The number of aromatic nitrogens is 2. The molecule has 2 rings (SSSR count). The first-order valence-electron chi connectivity index (χ1n) is 8.20. The predicted molar refractivity (Wildman–Crippen MR) is 89.5 cm³/mol. The van der Waals surface area contributed by atoms with Crippen molar-refractivity contribution >= 4 is 21.7 Å². The lowest BCUT2D eigenvalue weighted by molar-refractivity contribution is 0.597. The Bertz CT molecular complexity index is 537. The van der Waals surface area contributed by atoms with Crippen LogP contribution in [0, 0.1) is 0 Å². The standard InChI is InChI=1S/C15H26N4O2S/c1-2-3-12-22(20,21)19-15-11-10-14(17-18-15)16-13-8-6-4-5-7-9-13/h10-11,13H,2-9,12H2,1H3,(H,16,17)(H,18,19). The van der Waals surface area contributed by atoms with Gasteiger partial charge in [-0.05, 0) is 31.4 Å². The highest BCUT2D eigenvalue weighted by atomic mass is 32.2. The van der Waals surface area contributed by atoms with Crippen molar-refractivity contribution in [2.45, 2.75) is 64.3 Å². The van der Waals surface area contributed by atoms with Gasteiger partial charge in [-0.1, -0.05) is 39.0 Å². The van der Waals surface area contributed by atoms with Crippen LogP contribution in [-0.2, 0) is 10.0 Å². The lowest BCUT2D eigenvalue weighted by Crippen LogP contribution is -2.20. The van der Waals surface area contributed by atoms with E-state index >= 15 is 0 Å². The Morgan fingerprint density at radius 2 is 1.73 bits per heavy atom. The molecule has 1 heterocycles. The van der Waals surface area contributed by atoms with Gasteiger partial charge < -0.3 is 5.32 Å². The van der Waals surface area contributed by atoms with Gasteiger partial charge in [-0.2, -0.15) is 0 Å². The van der Waals surface area contributed by atoms with Crippen molar-refractivity contribution in [3.63, 3.8) is 0 Å². The Labute approximate surface area is 133 Å². The van der Waals surface area contributed by atoms with Crippen molar-refractivity contribution in [1.82, 2.24) is 10.2 Å². The van der Waals surface area contributed by atoms with Crippen LogP contribution in [0.1, 0.15) is 58.3 Å². The van der Waals surface area contributed by atoms with E-state index in [1.54, 1.807) is 12.1 Å². The molecule has 0 bridgehead atoms. The number of rotatable bonds is 7. The van der Waals surface area contributed by atoms with Crippen molar-refractivity contribution in [1.29, 1.82) is 0 Å². The van der Waals surface area contributed by atoms with Gasteiger partial charge in [-0.25, -0.2) is 8.42 Å². The minimum Gasteiger partial charge on any atom is -0.366 e. The normalized spacial score (nSPS) is 17.0. The molecule has 22 heavy (non-hydrogen) atoms. The quantitative estimate of drug-likeness (QED) is 0.752. The van der Waals surface area contributed by atoms with Crippen LogP contribution in [0.15, 0.2) is 12.1 Å². The molecule has 124 valence electrons. The lowest BCUT2D eigenvalue weighted by atomic mass is 10.1. The molecule has 7 heteroatoms. The number of anilines is 2. The average molecular weight is 326 g/mol. The summed E-state index contributed by atoms with van der Waals surface area (Å²) in [6.45, 7) is 1.96. The summed E-state index contributed by atoms with van der Waals surface area (Å²) in [5.74, 6) is 1.11. The Hall–Kier alpha value is -1.37. The van der Waals surface area contributed by atoms with Crippen LogP contribution >= 0.6 is 0 Å². The van der Waals surface area contributed by atoms with E-state index in [-0.39, 0.29) is 11.6 Å². The molecule has 0 aromatic carbocycles. The average Bonchev–Trinajstić information content (AvgIpc) is 2.76. The molecule has 0 atom stereocenters. The molecule has 0 radical (unpaired) electrons. The first-order valence-corrected chi connectivity index (χ1v) is 9.85. The fourth-order valence-corrected chi connectivity index (χ4v) is 3.84. The fourth-order valence-electron chi connectivity index (χ4n) is 2.64. The molecule has 0 spiro atoms. The van der Waals surface area contributed by atoms with Gasteiger partial charge in [0.05, 0.1) is 5.75 Å². The van der Waals surface area contributed by atoms with Gasteiger partial charge in [0.15, 0.2) is 5.82 Å².